The topological polar surface area (TPSA) is 44.1 Å². The minimum absolute atomic E-state index is 0.255. The third-order valence-electron chi connectivity index (χ3n) is 3.80. The van der Waals surface area contributed by atoms with Crippen LogP contribution in [0.25, 0.3) is 11.4 Å². The van der Waals surface area contributed by atoms with Gasteiger partial charge in [-0.25, -0.2) is 9.78 Å². The van der Waals surface area contributed by atoms with Gasteiger partial charge in [-0.15, -0.1) is 0 Å². The highest BCUT2D eigenvalue weighted by Crippen LogP contribution is 2.22. The first kappa shape index (κ1) is 15.0. The predicted molar refractivity (Wildman–Crippen MR) is 88.9 cm³/mol. The predicted octanol–water partition coefficient (Wildman–Crippen LogP) is 3.75. The lowest BCUT2D eigenvalue weighted by molar-refractivity contribution is 0.0461. The van der Waals surface area contributed by atoms with Gasteiger partial charge in [-0.2, -0.15) is 0 Å². The Hall–Kier alpha value is -2.88. The third kappa shape index (κ3) is 3.16. The summed E-state index contributed by atoms with van der Waals surface area (Å²) in [4.78, 5) is 16.7. The molecule has 0 amide bonds. The van der Waals surface area contributed by atoms with E-state index in [1.807, 2.05) is 68.6 Å². The van der Waals surface area contributed by atoms with E-state index >= 15 is 0 Å². The number of aromatic nitrogens is 2. The summed E-state index contributed by atoms with van der Waals surface area (Å²) in [5, 5.41) is 0. The van der Waals surface area contributed by atoms with E-state index in [9.17, 15) is 4.79 Å². The highest BCUT2D eigenvalue weighted by molar-refractivity contribution is 5.88. The number of hydrogen-bond donors (Lipinski definition) is 0. The van der Waals surface area contributed by atoms with Crippen LogP contribution in [0.5, 0.6) is 0 Å². The number of rotatable bonds is 4. The lowest BCUT2D eigenvalue weighted by atomic mass is 10.1. The lowest BCUT2D eigenvalue weighted by Crippen LogP contribution is -2.10. The van der Waals surface area contributed by atoms with Gasteiger partial charge in [-0.1, -0.05) is 54.6 Å². The summed E-state index contributed by atoms with van der Waals surface area (Å²) >= 11 is 0. The van der Waals surface area contributed by atoms with Gasteiger partial charge in [0, 0.05) is 12.6 Å². The number of hydrogen-bond acceptors (Lipinski definition) is 3. The molecule has 0 atom stereocenters. The molecule has 1 aromatic heterocycles. The number of ether oxygens (including phenoxy) is 1. The molecule has 4 heteroatoms. The van der Waals surface area contributed by atoms with E-state index in [1.165, 1.54) is 0 Å². The van der Waals surface area contributed by atoms with Crippen molar-refractivity contribution >= 4 is 5.97 Å². The van der Waals surface area contributed by atoms with Crippen molar-refractivity contribution in [1.29, 1.82) is 0 Å². The number of aryl methyl sites for hydroxylation is 1. The molecule has 0 spiro atoms. The van der Waals surface area contributed by atoms with Gasteiger partial charge in [0.2, 0.25) is 0 Å². The van der Waals surface area contributed by atoms with Crippen LogP contribution in [-0.4, -0.2) is 15.5 Å². The highest BCUT2D eigenvalue weighted by Gasteiger charge is 2.17. The van der Waals surface area contributed by atoms with Gasteiger partial charge < -0.3 is 9.30 Å². The van der Waals surface area contributed by atoms with Crippen LogP contribution in [0, 0.1) is 6.92 Å². The Morgan fingerprint density at radius 3 is 2.52 bits per heavy atom. The molecule has 1 heterocycles. The molecule has 0 N–H and O–H groups in total. The SMILES string of the molecule is Cc1ccccc1-c1ncc(C(=O)OCc2ccccc2)n1C. The molecule has 0 aliphatic rings. The number of carbonyl (C=O) groups excluding carboxylic acids is 1. The second kappa shape index (κ2) is 6.48. The number of imidazole rings is 1. The van der Waals surface area contributed by atoms with E-state index < -0.39 is 0 Å². The van der Waals surface area contributed by atoms with Crippen molar-refractivity contribution in [3.05, 3.63) is 77.6 Å². The molecule has 4 nitrogen and oxygen atoms in total. The minimum atomic E-state index is -0.372. The maximum atomic E-state index is 12.3. The molecule has 0 aliphatic carbocycles. The first-order valence-electron chi connectivity index (χ1n) is 7.45. The summed E-state index contributed by atoms with van der Waals surface area (Å²) in [6.45, 7) is 2.28. The highest BCUT2D eigenvalue weighted by atomic mass is 16.5. The molecule has 0 radical (unpaired) electrons. The number of carbonyl (C=O) groups is 1. The molecule has 3 aromatic rings. The van der Waals surface area contributed by atoms with Gasteiger partial charge in [0.05, 0.1) is 6.20 Å². The second-order valence-electron chi connectivity index (χ2n) is 5.40. The number of benzene rings is 2. The van der Waals surface area contributed by atoms with Crippen LogP contribution in [0.4, 0.5) is 0 Å². The largest absolute Gasteiger partial charge is 0.456 e. The number of nitrogens with zero attached hydrogens (tertiary/aromatic N) is 2. The Labute approximate surface area is 135 Å². The average Bonchev–Trinajstić information content (AvgIpc) is 2.95. The van der Waals surface area contributed by atoms with E-state index in [2.05, 4.69) is 4.98 Å². The molecular formula is C19H18N2O2. The van der Waals surface area contributed by atoms with Gasteiger partial charge >= 0.3 is 5.97 Å². The van der Waals surface area contributed by atoms with Crippen molar-refractivity contribution in [1.82, 2.24) is 9.55 Å². The van der Waals surface area contributed by atoms with Gasteiger partial charge in [0.15, 0.2) is 0 Å². The average molecular weight is 306 g/mol. The molecule has 0 fully saturated rings. The maximum absolute atomic E-state index is 12.3. The summed E-state index contributed by atoms with van der Waals surface area (Å²) in [6, 6.07) is 17.6. The Morgan fingerprint density at radius 2 is 1.78 bits per heavy atom. The zero-order valence-corrected chi connectivity index (χ0v) is 13.2. The zero-order chi connectivity index (χ0) is 16.2. The van der Waals surface area contributed by atoms with Crippen LogP contribution in [0.3, 0.4) is 0 Å². The fraction of sp³-hybridized carbons (Fsp3) is 0.158. The van der Waals surface area contributed by atoms with Crippen LogP contribution in [0.1, 0.15) is 21.6 Å². The first-order valence-corrected chi connectivity index (χ1v) is 7.45. The lowest BCUT2D eigenvalue weighted by Gasteiger charge is -2.08. The number of esters is 1. The maximum Gasteiger partial charge on any atom is 0.356 e. The molecule has 0 saturated heterocycles. The Bertz CT molecular complexity index is 822. The molecule has 23 heavy (non-hydrogen) atoms. The van der Waals surface area contributed by atoms with Crippen LogP contribution < -0.4 is 0 Å². The summed E-state index contributed by atoms with van der Waals surface area (Å²) in [6.07, 6.45) is 1.56. The van der Waals surface area contributed by atoms with Crippen LogP contribution in [0.2, 0.25) is 0 Å². The fourth-order valence-electron chi connectivity index (χ4n) is 2.47. The van der Waals surface area contributed by atoms with Crippen molar-refractivity contribution in [2.24, 2.45) is 7.05 Å². The summed E-state index contributed by atoms with van der Waals surface area (Å²) < 4.78 is 7.15. The zero-order valence-electron chi connectivity index (χ0n) is 13.2. The fourth-order valence-corrected chi connectivity index (χ4v) is 2.47. The van der Waals surface area contributed by atoms with E-state index in [4.69, 9.17) is 4.74 Å². The molecular weight excluding hydrogens is 288 g/mol. The van der Waals surface area contributed by atoms with E-state index in [-0.39, 0.29) is 12.6 Å². The summed E-state index contributed by atoms with van der Waals surface area (Å²) in [5.41, 5.74) is 3.53. The first-order chi connectivity index (χ1) is 11.2. The monoisotopic (exact) mass is 306 g/mol. The van der Waals surface area contributed by atoms with E-state index in [1.54, 1.807) is 10.8 Å². The van der Waals surface area contributed by atoms with Gasteiger partial charge in [-0.3, -0.25) is 0 Å². The smallest absolute Gasteiger partial charge is 0.356 e. The Kier molecular flexibility index (Phi) is 4.24. The molecule has 0 unspecified atom stereocenters. The molecule has 0 bridgehead atoms. The second-order valence-corrected chi connectivity index (χ2v) is 5.40. The Morgan fingerprint density at radius 1 is 1.09 bits per heavy atom. The van der Waals surface area contributed by atoms with Gasteiger partial charge in [-0.05, 0) is 18.1 Å². The van der Waals surface area contributed by atoms with Crippen molar-refractivity contribution in [2.45, 2.75) is 13.5 Å². The van der Waals surface area contributed by atoms with Crippen LogP contribution in [0.15, 0.2) is 60.8 Å². The quantitative estimate of drug-likeness (QED) is 0.689. The Balaban J connectivity index is 1.79. The molecule has 2 aromatic carbocycles. The minimum Gasteiger partial charge on any atom is -0.456 e. The van der Waals surface area contributed by atoms with Gasteiger partial charge in [0.25, 0.3) is 0 Å². The molecule has 3 rings (SSSR count). The normalized spacial score (nSPS) is 10.5. The molecule has 0 aliphatic heterocycles. The van der Waals surface area contributed by atoms with Crippen LogP contribution >= 0.6 is 0 Å². The standard InChI is InChI=1S/C19H18N2O2/c1-14-8-6-7-11-16(14)18-20-12-17(21(18)2)19(22)23-13-15-9-4-3-5-10-15/h3-12H,13H2,1-2H3. The van der Waals surface area contributed by atoms with E-state index in [0.717, 1.165) is 22.5 Å². The van der Waals surface area contributed by atoms with Crippen molar-refractivity contribution in [3.63, 3.8) is 0 Å². The molecule has 0 saturated carbocycles. The third-order valence-corrected chi connectivity index (χ3v) is 3.80. The molecule has 116 valence electrons. The van der Waals surface area contributed by atoms with Gasteiger partial charge in [0.1, 0.15) is 18.1 Å². The summed E-state index contributed by atoms with van der Waals surface area (Å²) in [5.74, 6) is 0.387. The van der Waals surface area contributed by atoms with Crippen molar-refractivity contribution < 1.29 is 9.53 Å². The summed E-state index contributed by atoms with van der Waals surface area (Å²) in [7, 11) is 1.83. The van der Waals surface area contributed by atoms with Crippen molar-refractivity contribution in [2.75, 3.05) is 0 Å². The van der Waals surface area contributed by atoms with Crippen molar-refractivity contribution in [3.8, 4) is 11.4 Å². The van der Waals surface area contributed by atoms with Crippen LogP contribution in [-0.2, 0) is 18.4 Å². The van der Waals surface area contributed by atoms with E-state index in [0.29, 0.717) is 5.69 Å².